The first-order valence-corrected chi connectivity index (χ1v) is 6.86. The van der Waals surface area contributed by atoms with Crippen LogP contribution >= 0.6 is 0 Å². The first-order valence-electron chi connectivity index (χ1n) is 6.86. The van der Waals surface area contributed by atoms with Crippen molar-refractivity contribution < 1.29 is 9.53 Å². The van der Waals surface area contributed by atoms with E-state index in [1.165, 1.54) is 0 Å². The Bertz CT molecular complexity index is 454. The van der Waals surface area contributed by atoms with Crippen LogP contribution in [0.15, 0.2) is 6.20 Å². The Kier molecular flexibility index (Phi) is 3.94. The van der Waals surface area contributed by atoms with Crippen molar-refractivity contribution in [1.82, 2.24) is 15.1 Å². The molecule has 1 aliphatic heterocycles. The van der Waals surface area contributed by atoms with Crippen molar-refractivity contribution in [1.29, 1.82) is 0 Å². The van der Waals surface area contributed by atoms with E-state index < -0.39 is 5.60 Å². The average Bonchev–Trinajstić information content (AvgIpc) is 2.70. The normalized spacial score (nSPS) is 17.5. The molecule has 1 aromatic rings. The Morgan fingerprint density at radius 2 is 2.05 bits per heavy atom. The summed E-state index contributed by atoms with van der Waals surface area (Å²) >= 11 is 0. The van der Waals surface area contributed by atoms with E-state index in [0.29, 0.717) is 11.6 Å². The van der Waals surface area contributed by atoms with Gasteiger partial charge in [0.1, 0.15) is 11.2 Å². The zero-order chi connectivity index (χ0) is 14.0. The summed E-state index contributed by atoms with van der Waals surface area (Å²) in [7, 11) is 0. The zero-order valence-electron chi connectivity index (χ0n) is 12.2. The van der Waals surface area contributed by atoms with E-state index in [2.05, 4.69) is 10.4 Å². The van der Waals surface area contributed by atoms with Crippen LogP contribution in [0.2, 0.25) is 0 Å². The van der Waals surface area contributed by atoms with Crippen LogP contribution in [0.1, 0.15) is 55.7 Å². The van der Waals surface area contributed by atoms with E-state index >= 15 is 0 Å². The highest BCUT2D eigenvalue weighted by Crippen LogP contribution is 2.22. The lowest BCUT2D eigenvalue weighted by molar-refractivity contribution is 0.00685. The zero-order valence-corrected chi connectivity index (χ0v) is 12.2. The van der Waals surface area contributed by atoms with Crippen molar-refractivity contribution in [2.75, 3.05) is 13.1 Å². The highest BCUT2D eigenvalue weighted by Gasteiger charge is 2.24. The van der Waals surface area contributed by atoms with E-state index in [0.717, 1.165) is 31.6 Å². The van der Waals surface area contributed by atoms with Gasteiger partial charge in [-0.1, -0.05) is 0 Å². The molecule has 2 heterocycles. The molecule has 1 aliphatic rings. The molecule has 1 fully saturated rings. The summed E-state index contributed by atoms with van der Waals surface area (Å²) in [6, 6.07) is 0.387. The van der Waals surface area contributed by atoms with Gasteiger partial charge < -0.3 is 10.1 Å². The maximum absolute atomic E-state index is 12.1. The van der Waals surface area contributed by atoms with Gasteiger partial charge in [0, 0.05) is 0 Å². The number of aromatic nitrogens is 2. The van der Waals surface area contributed by atoms with Gasteiger partial charge in [-0.3, -0.25) is 4.68 Å². The molecule has 0 amide bonds. The van der Waals surface area contributed by atoms with Gasteiger partial charge in [-0.05, 0) is 53.6 Å². The SMILES string of the molecule is Cc1c(C(=O)OC(C)(C)C)cnn1C1CCNCC1. The molecular weight excluding hydrogens is 242 g/mol. The summed E-state index contributed by atoms with van der Waals surface area (Å²) in [5, 5.41) is 7.71. The van der Waals surface area contributed by atoms with Crippen molar-refractivity contribution in [3.8, 4) is 0 Å². The van der Waals surface area contributed by atoms with Crippen molar-refractivity contribution in [3.63, 3.8) is 0 Å². The van der Waals surface area contributed by atoms with Gasteiger partial charge in [0.05, 0.1) is 17.9 Å². The molecule has 19 heavy (non-hydrogen) atoms. The molecule has 0 aliphatic carbocycles. The van der Waals surface area contributed by atoms with Crippen molar-refractivity contribution in [2.45, 2.75) is 52.2 Å². The van der Waals surface area contributed by atoms with E-state index in [9.17, 15) is 4.79 Å². The monoisotopic (exact) mass is 265 g/mol. The Hall–Kier alpha value is -1.36. The standard InChI is InChI=1S/C14H23N3O2/c1-10-12(13(18)19-14(2,3)4)9-16-17(10)11-5-7-15-8-6-11/h9,11,15H,5-8H2,1-4H3. The minimum atomic E-state index is -0.472. The molecule has 2 rings (SSSR count). The quantitative estimate of drug-likeness (QED) is 0.832. The van der Waals surface area contributed by atoms with E-state index in [1.807, 2.05) is 32.4 Å². The number of hydrogen-bond donors (Lipinski definition) is 1. The fourth-order valence-electron chi connectivity index (χ4n) is 2.38. The molecule has 0 spiro atoms. The van der Waals surface area contributed by atoms with Crippen LogP contribution in [0.4, 0.5) is 0 Å². The van der Waals surface area contributed by atoms with Gasteiger partial charge in [0.25, 0.3) is 0 Å². The highest BCUT2D eigenvalue weighted by molar-refractivity contribution is 5.90. The topological polar surface area (TPSA) is 56.1 Å². The van der Waals surface area contributed by atoms with E-state index in [1.54, 1.807) is 6.20 Å². The fourth-order valence-corrected chi connectivity index (χ4v) is 2.38. The summed E-state index contributed by atoms with van der Waals surface area (Å²) in [4.78, 5) is 12.1. The molecule has 1 saturated heterocycles. The molecule has 1 aromatic heterocycles. The maximum atomic E-state index is 12.1. The number of esters is 1. The lowest BCUT2D eigenvalue weighted by atomic mass is 10.1. The maximum Gasteiger partial charge on any atom is 0.342 e. The summed E-state index contributed by atoms with van der Waals surface area (Å²) in [5.74, 6) is -0.287. The van der Waals surface area contributed by atoms with E-state index in [4.69, 9.17) is 4.74 Å². The molecule has 5 nitrogen and oxygen atoms in total. The van der Waals surface area contributed by atoms with Crippen LogP contribution in [0.5, 0.6) is 0 Å². The molecule has 0 radical (unpaired) electrons. The molecule has 5 heteroatoms. The molecule has 106 valence electrons. The first kappa shape index (κ1) is 14.1. The second-order valence-corrected chi connectivity index (χ2v) is 6.07. The number of nitrogens with one attached hydrogen (secondary N) is 1. The van der Waals surface area contributed by atoms with Gasteiger partial charge in [-0.2, -0.15) is 5.10 Å². The summed E-state index contributed by atoms with van der Waals surface area (Å²) < 4.78 is 7.37. The number of piperidine rings is 1. The number of nitrogens with zero attached hydrogens (tertiary/aromatic N) is 2. The Balaban J connectivity index is 2.15. The minimum Gasteiger partial charge on any atom is -0.456 e. The molecular formula is C14H23N3O2. The van der Waals surface area contributed by atoms with Crippen LogP contribution < -0.4 is 5.32 Å². The van der Waals surface area contributed by atoms with Gasteiger partial charge in [-0.25, -0.2) is 4.79 Å². The van der Waals surface area contributed by atoms with Gasteiger partial charge in [0.2, 0.25) is 0 Å². The Morgan fingerprint density at radius 1 is 1.42 bits per heavy atom. The van der Waals surface area contributed by atoms with Crippen LogP contribution in [0.3, 0.4) is 0 Å². The third-order valence-corrected chi connectivity index (χ3v) is 3.32. The number of carbonyl (C=O) groups excluding carboxylic acids is 1. The predicted molar refractivity (Wildman–Crippen MR) is 73.3 cm³/mol. The second kappa shape index (κ2) is 5.33. The largest absolute Gasteiger partial charge is 0.456 e. The highest BCUT2D eigenvalue weighted by atomic mass is 16.6. The van der Waals surface area contributed by atoms with E-state index in [-0.39, 0.29) is 5.97 Å². The summed E-state index contributed by atoms with van der Waals surface area (Å²) in [5.41, 5.74) is 1.01. The van der Waals surface area contributed by atoms with Crippen LogP contribution in [-0.4, -0.2) is 34.4 Å². The van der Waals surface area contributed by atoms with Gasteiger partial charge >= 0.3 is 5.97 Å². The molecule has 1 N–H and O–H groups in total. The van der Waals surface area contributed by atoms with Crippen molar-refractivity contribution in [2.24, 2.45) is 0 Å². The smallest absolute Gasteiger partial charge is 0.342 e. The van der Waals surface area contributed by atoms with Gasteiger partial charge in [-0.15, -0.1) is 0 Å². The summed E-state index contributed by atoms with van der Waals surface area (Å²) in [6.45, 7) is 9.57. The average molecular weight is 265 g/mol. The third-order valence-electron chi connectivity index (χ3n) is 3.32. The lowest BCUT2D eigenvalue weighted by Gasteiger charge is -2.24. The molecule has 0 unspecified atom stereocenters. The summed E-state index contributed by atoms with van der Waals surface area (Å²) in [6.07, 6.45) is 3.73. The first-order chi connectivity index (χ1) is 8.88. The van der Waals surface area contributed by atoms with Crippen LogP contribution in [0, 0.1) is 6.92 Å². The molecule has 0 saturated carbocycles. The van der Waals surface area contributed by atoms with Gasteiger partial charge in [0.15, 0.2) is 0 Å². The molecule has 0 bridgehead atoms. The van der Waals surface area contributed by atoms with Crippen LogP contribution in [0.25, 0.3) is 0 Å². The fraction of sp³-hybridized carbons (Fsp3) is 0.714. The predicted octanol–water partition coefficient (Wildman–Crippen LogP) is 2.07. The number of hydrogen-bond acceptors (Lipinski definition) is 4. The Labute approximate surface area is 114 Å². The number of ether oxygens (including phenoxy) is 1. The molecule has 0 atom stereocenters. The molecule has 0 aromatic carbocycles. The second-order valence-electron chi connectivity index (χ2n) is 6.07. The lowest BCUT2D eigenvalue weighted by Crippen LogP contribution is -2.30. The third kappa shape index (κ3) is 3.35. The van der Waals surface area contributed by atoms with Crippen LogP contribution in [-0.2, 0) is 4.74 Å². The van der Waals surface area contributed by atoms with Crippen molar-refractivity contribution in [3.05, 3.63) is 17.5 Å². The number of carbonyl (C=O) groups is 1. The van der Waals surface area contributed by atoms with Crippen molar-refractivity contribution >= 4 is 5.97 Å². The Morgan fingerprint density at radius 3 is 2.63 bits per heavy atom. The minimum absolute atomic E-state index is 0.287. The number of rotatable bonds is 2.